The Kier molecular flexibility index (Phi) is 4.80. The molecule has 3 heterocycles. The van der Waals surface area contributed by atoms with Gasteiger partial charge in [0, 0.05) is 24.6 Å². The molecule has 2 aromatic heterocycles. The van der Waals surface area contributed by atoms with E-state index in [1.165, 1.54) is 11.3 Å². The van der Waals surface area contributed by atoms with Gasteiger partial charge in [-0.05, 0) is 51.5 Å². The summed E-state index contributed by atoms with van der Waals surface area (Å²) in [6.45, 7) is 3.56. The molecule has 1 aliphatic carbocycles. The summed E-state index contributed by atoms with van der Waals surface area (Å²) < 4.78 is 7.56. The Morgan fingerprint density at radius 2 is 2.00 bits per heavy atom. The smallest absolute Gasteiger partial charge is 0.261 e. The van der Waals surface area contributed by atoms with Gasteiger partial charge in [-0.3, -0.25) is 9.48 Å². The Morgan fingerprint density at radius 3 is 2.72 bits per heavy atom. The summed E-state index contributed by atoms with van der Waals surface area (Å²) in [5.41, 5.74) is 0.984. The highest BCUT2D eigenvalue weighted by Crippen LogP contribution is 2.33. The second-order valence-corrected chi connectivity index (χ2v) is 8.21. The number of carbonyl (C=O) groups is 1. The quantitative estimate of drug-likeness (QED) is 0.879. The number of aromatic nitrogens is 2. The van der Waals surface area contributed by atoms with E-state index in [1.807, 2.05) is 13.0 Å². The minimum absolute atomic E-state index is 0.000479. The lowest BCUT2D eigenvalue weighted by Gasteiger charge is -2.25. The zero-order valence-corrected chi connectivity index (χ0v) is 15.3. The number of aliphatic hydroxyl groups is 1. The van der Waals surface area contributed by atoms with Gasteiger partial charge in [0.2, 0.25) is 0 Å². The van der Waals surface area contributed by atoms with Crippen molar-refractivity contribution in [3.8, 4) is 0 Å². The van der Waals surface area contributed by atoms with E-state index < -0.39 is 0 Å². The molecular weight excluding hydrogens is 338 g/mol. The monoisotopic (exact) mass is 363 g/mol. The lowest BCUT2D eigenvalue weighted by Crippen LogP contribution is -2.38. The largest absolute Gasteiger partial charge is 0.393 e. The molecule has 7 heteroatoms. The van der Waals surface area contributed by atoms with Crippen LogP contribution >= 0.6 is 11.3 Å². The SMILES string of the molecule is Cc1nn(C2CCOCC2)c2sc(C(=O)N[C@H]3CC[C@H](O)CC3)cc12. The van der Waals surface area contributed by atoms with Crippen molar-refractivity contribution < 1.29 is 14.6 Å². The highest BCUT2D eigenvalue weighted by Gasteiger charge is 2.25. The van der Waals surface area contributed by atoms with Crippen LogP contribution in [0.15, 0.2) is 6.07 Å². The van der Waals surface area contributed by atoms with Crippen LogP contribution in [0.2, 0.25) is 0 Å². The molecule has 1 aliphatic heterocycles. The number of rotatable bonds is 3. The minimum atomic E-state index is -0.203. The highest BCUT2D eigenvalue weighted by molar-refractivity contribution is 7.20. The minimum Gasteiger partial charge on any atom is -0.393 e. The molecule has 1 amide bonds. The number of ether oxygens (including phenoxy) is 1. The first-order chi connectivity index (χ1) is 12.1. The Labute approximate surface area is 151 Å². The average Bonchev–Trinajstić information content (AvgIpc) is 3.19. The summed E-state index contributed by atoms with van der Waals surface area (Å²) in [6.07, 6.45) is 5.00. The molecule has 0 spiro atoms. The van der Waals surface area contributed by atoms with Gasteiger partial charge in [0.05, 0.1) is 22.7 Å². The van der Waals surface area contributed by atoms with E-state index in [9.17, 15) is 9.90 Å². The summed E-state index contributed by atoms with van der Waals surface area (Å²) in [5, 5.41) is 18.5. The van der Waals surface area contributed by atoms with Crippen molar-refractivity contribution >= 4 is 27.5 Å². The number of hydrogen-bond donors (Lipinski definition) is 2. The molecule has 1 saturated heterocycles. The Hall–Kier alpha value is -1.44. The van der Waals surface area contributed by atoms with Crippen molar-refractivity contribution in [2.45, 2.75) is 63.6 Å². The molecule has 0 radical (unpaired) electrons. The van der Waals surface area contributed by atoms with Crippen LogP contribution in [-0.2, 0) is 4.74 Å². The van der Waals surface area contributed by atoms with E-state index in [-0.39, 0.29) is 18.1 Å². The third-order valence-electron chi connectivity index (χ3n) is 5.36. The molecule has 136 valence electrons. The second-order valence-electron chi connectivity index (χ2n) is 7.18. The van der Waals surface area contributed by atoms with Crippen molar-refractivity contribution in [1.82, 2.24) is 15.1 Å². The van der Waals surface area contributed by atoms with Gasteiger partial charge in [-0.2, -0.15) is 5.10 Å². The maximum absolute atomic E-state index is 12.6. The number of nitrogens with zero attached hydrogens (tertiary/aromatic N) is 2. The topological polar surface area (TPSA) is 76.4 Å². The van der Waals surface area contributed by atoms with E-state index in [4.69, 9.17) is 9.84 Å². The van der Waals surface area contributed by atoms with Gasteiger partial charge >= 0.3 is 0 Å². The average molecular weight is 363 g/mol. The van der Waals surface area contributed by atoms with Crippen LogP contribution in [0.4, 0.5) is 0 Å². The molecule has 25 heavy (non-hydrogen) atoms. The highest BCUT2D eigenvalue weighted by atomic mass is 32.1. The number of thiophene rings is 1. The fourth-order valence-electron chi connectivity index (χ4n) is 3.84. The van der Waals surface area contributed by atoms with Crippen molar-refractivity contribution in [2.75, 3.05) is 13.2 Å². The predicted molar refractivity (Wildman–Crippen MR) is 97.2 cm³/mol. The predicted octanol–water partition coefficient (Wildman–Crippen LogP) is 2.79. The van der Waals surface area contributed by atoms with Crippen molar-refractivity contribution in [3.63, 3.8) is 0 Å². The van der Waals surface area contributed by atoms with E-state index in [2.05, 4.69) is 10.00 Å². The number of fused-ring (bicyclic) bond motifs is 1. The van der Waals surface area contributed by atoms with Crippen molar-refractivity contribution in [1.29, 1.82) is 0 Å². The van der Waals surface area contributed by atoms with Gasteiger partial charge in [0.15, 0.2) is 0 Å². The summed E-state index contributed by atoms with van der Waals surface area (Å²) in [7, 11) is 0. The Bertz CT molecular complexity index is 755. The molecule has 0 aromatic carbocycles. The van der Waals surface area contributed by atoms with Gasteiger partial charge in [0.25, 0.3) is 5.91 Å². The molecule has 2 fully saturated rings. The maximum Gasteiger partial charge on any atom is 0.261 e. The number of nitrogens with one attached hydrogen (secondary N) is 1. The molecule has 0 unspecified atom stereocenters. The summed E-state index contributed by atoms with van der Waals surface area (Å²) >= 11 is 1.53. The zero-order valence-electron chi connectivity index (χ0n) is 14.5. The van der Waals surface area contributed by atoms with Crippen LogP contribution in [0.1, 0.15) is 59.9 Å². The standard InChI is InChI=1S/C18H25N3O3S/c1-11-15-10-16(17(23)19-12-2-4-14(22)5-3-12)25-18(15)21(20-11)13-6-8-24-9-7-13/h10,12-14,22H,2-9H2,1H3,(H,19,23)/t12-,14-. The van der Waals surface area contributed by atoms with Gasteiger partial charge in [0.1, 0.15) is 4.83 Å². The molecule has 2 aromatic rings. The number of aliphatic hydroxyl groups excluding tert-OH is 1. The van der Waals surface area contributed by atoms with E-state index in [1.54, 1.807) is 0 Å². The fourth-order valence-corrected chi connectivity index (χ4v) is 4.97. The Morgan fingerprint density at radius 1 is 1.28 bits per heavy atom. The normalized spacial score (nSPS) is 25.4. The van der Waals surface area contributed by atoms with Crippen LogP contribution in [0.5, 0.6) is 0 Å². The molecular formula is C18H25N3O3S. The van der Waals surface area contributed by atoms with Crippen LogP contribution in [0.25, 0.3) is 10.2 Å². The van der Waals surface area contributed by atoms with Crippen molar-refractivity contribution in [2.24, 2.45) is 0 Å². The summed E-state index contributed by atoms with van der Waals surface area (Å²) in [5.74, 6) is 0.000479. The van der Waals surface area contributed by atoms with Crippen LogP contribution in [0.3, 0.4) is 0 Å². The molecule has 0 bridgehead atoms. The van der Waals surface area contributed by atoms with E-state index in [0.29, 0.717) is 6.04 Å². The number of aryl methyl sites for hydroxylation is 1. The number of carbonyl (C=O) groups excluding carboxylic acids is 1. The summed E-state index contributed by atoms with van der Waals surface area (Å²) in [4.78, 5) is 14.5. The third kappa shape index (κ3) is 3.45. The van der Waals surface area contributed by atoms with Gasteiger partial charge in [-0.25, -0.2) is 0 Å². The second kappa shape index (κ2) is 7.05. The molecule has 2 N–H and O–H groups in total. The molecule has 0 atom stereocenters. The van der Waals surface area contributed by atoms with Crippen molar-refractivity contribution in [3.05, 3.63) is 16.6 Å². The third-order valence-corrected chi connectivity index (χ3v) is 6.48. The van der Waals surface area contributed by atoms with Crippen LogP contribution in [-0.4, -0.2) is 46.2 Å². The Balaban J connectivity index is 1.53. The zero-order chi connectivity index (χ0) is 17.4. The molecule has 2 aliphatic rings. The first-order valence-electron chi connectivity index (χ1n) is 9.17. The maximum atomic E-state index is 12.6. The molecule has 6 nitrogen and oxygen atoms in total. The fraction of sp³-hybridized carbons (Fsp3) is 0.667. The number of hydrogen-bond acceptors (Lipinski definition) is 5. The van der Waals surface area contributed by atoms with Gasteiger partial charge in [-0.15, -0.1) is 11.3 Å². The van der Waals surface area contributed by atoms with Gasteiger partial charge < -0.3 is 15.2 Å². The molecule has 4 rings (SSSR count). The van der Waals surface area contributed by atoms with Gasteiger partial charge in [-0.1, -0.05) is 0 Å². The first kappa shape index (κ1) is 17.0. The summed E-state index contributed by atoms with van der Waals surface area (Å²) in [6, 6.07) is 2.51. The van der Waals surface area contributed by atoms with Crippen LogP contribution in [0, 0.1) is 6.92 Å². The lowest BCUT2D eigenvalue weighted by atomic mass is 9.93. The molecule has 1 saturated carbocycles. The van der Waals surface area contributed by atoms with E-state index in [0.717, 1.165) is 72.5 Å². The number of amides is 1. The first-order valence-corrected chi connectivity index (χ1v) is 9.99. The van der Waals surface area contributed by atoms with E-state index >= 15 is 0 Å². The van der Waals surface area contributed by atoms with Crippen LogP contribution < -0.4 is 5.32 Å². The lowest BCUT2D eigenvalue weighted by molar-refractivity contribution is 0.0675.